The summed E-state index contributed by atoms with van der Waals surface area (Å²) in [5, 5.41) is 3.32. The number of benzene rings is 1. The maximum Gasteiger partial charge on any atom is 0.126 e. The molecule has 2 atom stereocenters. The summed E-state index contributed by atoms with van der Waals surface area (Å²) in [6.45, 7) is 4.20. The largest absolute Gasteiger partial charge is 0.316 e. The molecule has 1 aliphatic rings. The van der Waals surface area contributed by atoms with Crippen LogP contribution in [0.5, 0.6) is 0 Å². The lowest BCUT2D eigenvalue weighted by Gasteiger charge is -2.29. The molecule has 0 saturated carbocycles. The van der Waals surface area contributed by atoms with E-state index in [0.717, 1.165) is 37.6 Å². The summed E-state index contributed by atoms with van der Waals surface area (Å²) < 4.78 is 26.1. The van der Waals surface area contributed by atoms with Crippen LogP contribution in [0.25, 0.3) is 0 Å². The number of rotatable bonds is 2. The zero-order valence-electron chi connectivity index (χ0n) is 9.47. The van der Waals surface area contributed by atoms with Crippen molar-refractivity contribution in [3.8, 4) is 0 Å². The normalized spacial score (nSPS) is 25.7. The van der Waals surface area contributed by atoms with Crippen molar-refractivity contribution in [2.75, 3.05) is 13.1 Å². The van der Waals surface area contributed by atoms with Crippen molar-refractivity contribution >= 4 is 0 Å². The molecule has 0 bridgehead atoms. The molecule has 88 valence electrons. The Balaban J connectivity index is 2.07. The molecule has 0 aromatic heterocycles. The fraction of sp³-hybridized carbons (Fsp3) is 0.538. The van der Waals surface area contributed by atoms with Gasteiger partial charge in [-0.1, -0.05) is 6.92 Å². The molecular weight excluding hydrogens is 208 g/mol. The summed E-state index contributed by atoms with van der Waals surface area (Å²) in [6.07, 6.45) is 1.86. The maximum atomic E-state index is 13.0. The molecule has 1 N–H and O–H groups in total. The van der Waals surface area contributed by atoms with Gasteiger partial charge in [-0.05, 0) is 55.5 Å². The Kier molecular flexibility index (Phi) is 3.54. The van der Waals surface area contributed by atoms with Gasteiger partial charge in [0.15, 0.2) is 0 Å². The first-order valence-electron chi connectivity index (χ1n) is 5.81. The number of hydrogen-bond donors (Lipinski definition) is 1. The molecule has 3 heteroatoms. The highest BCUT2D eigenvalue weighted by molar-refractivity contribution is 5.18. The van der Waals surface area contributed by atoms with Crippen LogP contribution >= 0.6 is 0 Å². The number of halogens is 2. The minimum absolute atomic E-state index is 0.475. The van der Waals surface area contributed by atoms with Crippen molar-refractivity contribution in [3.63, 3.8) is 0 Å². The maximum absolute atomic E-state index is 13.0. The van der Waals surface area contributed by atoms with E-state index in [4.69, 9.17) is 0 Å². The molecule has 2 unspecified atom stereocenters. The zero-order chi connectivity index (χ0) is 11.5. The molecule has 2 rings (SSSR count). The van der Waals surface area contributed by atoms with Gasteiger partial charge in [-0.3, -0.25) is 0 Å². The summed E-state index contributed by atoms with van der Waals surface area (Å²) in [6, 6.07) is 3.81. The third-order valence-corrected chi connectivity index (χ3v) is 3.38. The fourth-order valence-corrected chi connectivity index (χ4v) is 2.40. The summed E-state index contributed by atoms with van der Waals surface area (Å²) >= 11 is 0. The van der Waals surface area contributed by atoms with Gasteiger partial charge >= 0.3 is 0 Å². The summed E-state index contributed by atoms with van der Waals surface area (Å²) in [7, 11) is 0. The van der Waals surface area contributed by atoms with Gasteiger partial charge in [-0.2, -0.15) is 0 Å². The highest BCUT2D eigenvalue weighted by atomic mass is 19.1. The van der Waals surface area contributed by atoms with Gasteiger partial charge in [0.1, 0.15) is 11.6 Å². The van der Waals surface area contributed by atoms with E-state index < -0.39 is 11.6 Å². The third kappa shape index (κ3) is 2.79. The van der Waals surface area contributed by atoms with Crippen LogP contribution in [0.4, 0.5) is 8.78 Å². The number of hydrogen-bond acceptors (Lipinski definition) is 1. The van der Waals surface area contributed by atoms with Gasteiger partial charge < -0.3 is 5.32 Å². The van der Waals surface area contributed by atoms with Crippen LogP contribution in [0.2, 0.25) is 0 Å². The fourth-order valence-electron chi connectivity index (χ4n) is 2.40. The Morgan fingerprint density at radius 2 is 1.94 bits per heavy atom. The highest BCUT2D eigenvalue weighted by Crippen LogP contribution is 2.23. The monoisotopic (exact) mass is 225 g/mol. The Morgan fingerprint density at radius 1 is 1.25 bits per heavy atom. The number of nitrogens with one attached hydrogen (secondary N) is 1. The summed E-state index contributed by atoms with van der Waals surface area (Å²) in [5.41, 5.74) is 0.774. The van der Waals surface area contributed by atoms with E-state index in [2.05, 4.69) is 12.2 Å². The van der Waals surface area contributed by atoms with Gasteiger partial charge in [0.2, 0.25) is 0 Å². The van der Waals surface area contributed by atoms with E-state index in [1.165, 1.54) is 12.1 Å². The molecule has 1 aliphatic heterocycles. The average Bonchev–Trinajstić information content (AvgIpc) is 2.20. The molecular formula is C13H17F2N. The Bertz CT molecular complexity index is 345. The van der Waals surface area contributed by atoms with Crippen molar-refractivity contribution in [2.45, 2.75) is 19.8 Å². The van der Waals surface area contributed by atoms with Crippen LogP contribution in [0.1, 0.15) is 18.9 Å². The molecule has 1 aromatic carbocycles. The lowest BCUT2D eigenvalue weighted by molar-refractivity contribution is 0.271. The van der Waals surface area contributed by atoms with E-state index >= 15 is 0 Å². The Hall–Kier alpha value is -0.960. The smallest absolute Gasteiger partial charge is 0.126 e. The SMILES string of the molecule is CC1CNCCC1Cc1cc(F)cc(F)c1. The van der Waals surface area contributed by atoms with Crippen molar-refractivity contribution in [1.82, 2.24) is 5.32 Å². The topological polar surface area (TPSA) is 12.0 Å². The highest BCUT2D eigenvalue weighted by Gasteiger charge is 2.21. The van der Waals surface area contributed by atoms with Crippen molar-refractivity contribution < 1.29 is 8.78 Å². The zero-order valence-corrected chi connectivity index (χ0v) is 9.47. The second-order valence-electron chi connectivity index (χ2n) is 4.71. The minimum Gasteiger partial charge on any atom is -0.316 e. The molecule has 0 amide bonds. The molecule has 0 spiro atoms. The van der Waals surface area contributed by atoms with Crippen molar-refractivity contribution in [2.24, 2.45) is 11.8 Å². The van der Waals surface area contributed by atoms with Gasteiger partial charge in [0.25, 0.3) is 0 Å². The first kappa shape index (κ1) is 11.5. The molecule has 1 nitrogen and oxygen atoms in total. The molecule has 16 heavy (non-hydrogen) atoms. The molecule has 1 fully saturated rings. The Morgan fingerprint density at radius 3 is 2.56 bits per heavy atom. The molecule has 0 radical (unpaired) electrons. The van der Waals surface area contributed by atoms with Crippen LogP contribution < -0.4 is 5.32 Å². The van der Waals surface area contributed by atoms with E-state index in [1.807, 2.05) is 0 Å². The molecule has 1 saturated heterocycles. The molecule has 1 heterocycles. The number of piperidine rings is 1. The van der Waals surface area contributed by atoms with Crippen LogP contribution in [0.15, 0.2) is 18.2 Å². The quantitative estimate of drug-likeness (QED) is 0.816. The average molecular weight is 225 g/mol. The first-order valence-corrected chi connectivity index (χ1v) is 5.81. The minimum atomic E-state index is -0.475. The van der Waals surface area contributed by atoms with Crippen LogP contribution in [-0.4, -0.2) is 13.1 Å². The lowest BCUT2D eigenvalue weighted by atomic mass is 9.83. The van der Waals surface area contributed by atoms with Crippen molar-refractivity contribution in [1.29, 1.82) is 0 Å². The van der Waals surface area contributed by atoms with E-state index in [0.29, 0.717) is 11.8 Å². The van der Waals surface area contributed by atoms with Crippen LogP contribution in [0, 0.1) is 23.5 Å². The third-order valence-electron chi connectivity index (χ3n) is 3.38. The van der Waals surface area contributed by atoms with Crippen LogP contribution in [0.3, 0.4) is 0 Å². The van der Waals surface area contributed by atoms with Gasteiger partial charge in [0.05, 0.1) is 0 Å². The van der Waals surface area contributed by atoms with Crippen LogP contribution in [-0.2, 0) is 6.42 Å². The van der Waals surface area contributed by atoms with Crippen molar-refractivity contribution in [3.05, 3.63) is 35.4 Å². The lowest BCUT2D eigenvalue weighted by Crippen LogP contribution is -2.35. The standard InChI is InChI=1S/C13H17F2N/c1-9-8-16-3-2-11(9)4-10-5-12(14)7-13(15)6-10/h5-7,9,11,16H,2-4,8H2,1H3. The van der Waals surface area contributed by atoms with Gasteiger partial charge in [-0.25, -0.2) is 8.78 Å². The van der Waals surface area contributed by atoms with E-state index in [-0.39, 0.29) is 0 Å². The Labute approximate surface area is 94.9 Å². The predicted molar refractivity (Wildman–Crippen MR) is 60.2 cm³/mol. The first-order chi connectivity index (χ1) is 7.65. The predicted octanol–water partition coefficient (Wildman–Crippen LogP) is 2.75. The molecule has 1 aromatic rings. The van der Waals surface area contributed by atoms with E-state index in [1.54, 1.807) is 0 Å². The summed E-state index contributed by atoms with van der Waals surface area (Å²) in [5.74, 6) is 0.149. The second-order valence-corrected chi connectivity index (χ2v) is 4.71. The van der Waals surface area contributed by atoms with Gasteiger partial charge in [0, 0.05) is 6.07 Å². The second kappa shape index (κ2) is 4.91. The van der Waals surface area contributed by atoms with E-state index in [9.17, 15) is 8.78 Å². The van der Waals surface area contributed by atoms with Gasteiger partial charge in [-0.15, -0.1) is 0 Å². The molecule has 0 aliphatic carbocycles. The summed E-state index contributed by atoms with van der Waals surface area (Å²) in [4.78, 5) is 0.